The maximum absolute atomic E-state index is 5.90. The van der Waals surface area contributed by atoms with E-state index in [-0.39, 0.29) is 0 Å². The van der Waals surface area contributed by atoms with E-state index in [0.717, 1.165) is 6.54 Å². The summed E-state index contributed by atoms with van der Waals surface area (Å²) in [7, 11) is 0. The maximum Gasteiger partial charge on any atom is 0.00508 e. The van der Waals surface area contributed by atoms with Crippen molar-refractivity contribution < 1.29 is 0 Å². The first-order valence-electron chi connectivity index (χ1n) is 5.27. The molecule has 1 rings (SSSR count). The number of nitrogens with one attached hydrogen (secondary N) is 1. The summed E-state index contributed by atoms with van der Waals surface area (Å²) in [6.07, 6.45) is 6.80. The average Bonchev–Trinajstić information content (AvgIpc) is 2.15. The Morgan fingerprint density at radius 2 is 2.00 bits per heavy atom. The molecule has 0 aromatic carbocycles. The molecule has 1 aliphatic rings. The van der Waals surface area contributed by atoms with E-state index in [2.05, 4.69) is 12.2 Å². The SMILES string of the molecule is CC(N)C1CCCCCCNC1. The van der Waals surface area contributed by atoms with Gasteiger partial charge in [-0.3, -0.25) is 0 Å². The largest absolute Gasteiger partial charge is 0.328 e. The normalized spacial score (nSPS) is 30.0. The number of hydrogen-bond donors (Lipinski definition) is 2. The van der Waals surface area contributed by atoms with Gasteiger partial charge >= 0.3 is 0 Å². The third kappa shape index (κ3) is 3.55. The van der Waals surface area contributed by atoms with Crippen molar-refractivity contribution >= 4 is 0 Å². The second-order valence-electron chi connectivity index (χ2n) is 4.03. The topological polar surface area (TPSA) is 38.0 Å². The summed E-state index contributed by atoms with van der Waals surface area (Å²) in [5.41, 5.74) is 5.90. The van der Waals surface area contributed by atoms with Crippen LogP contribution in [0.15, 0.2) is 0 Å². The minimum Gasteiger partial charge on any atom is -0.328 e. The monoisotopic (exact) mass is 170 g/mol. The number of rotatable bonds is 1. The molecule has 0 bridgehead atoms. The fourth-order valence-corrected chi connectivity index (χ4v) is 1.85. The summed E-state index contributed by atoms with van der Waals surface area (Å²) in [6.45, 7) is 4.44. The highest BCUT2D eigenvalue weighted by Crippen LogP contribution is 2.14. The lowest BCUT2D eigenvalue weighted by Crippen LogP contribution is -2.35. The first-order valence-corrected chi connectivity index (χ1v) is 5.27. The molecule has 2 heteroatoms. The Bertz CT molecular complexity index is 102. The molecule has 72 valence electrons. The fraction of sp³-hybridized carbons (Fsp3) is 1.00. The van der Waals surface area contributed by atoms with E-state index in [9.17, 15) is 0 Å². The second kappa shape index (κ2) is 5.55. The highest BCUT2D eigenvalue weighted by atomic mass is 14.9. The number of hydrogen-bond acceptors (Lipinski definition) is 2. The zero-order chi connectivity index (χ0) is 8.81. The molecular formula is C10H22N2. The predicted octanol–water partition coefficient (Wildman–Crippen LogP) is 1.50. The van der Waals surface area contributed by atoms with E-state index < -0.39 is 0 Å². The lowest BCUT2D eigenvalue weighted by Gasteiger charge is -2.19. The predicted molar refractivity (Wildman–Crippen MR) is 53.1 cm³/mol. The molecule has 12 heavy (non-hydrogen) atoms. The summed E-state index contributed by atoms with van der Waals surface area (Å²) in [6, 6.07) is 0.357. The van der Waals surface area contributed by atoms with Gasteiger partial charge < -0.3 is 11.1 Å². The Balaban J connectivity index is 2.28. The Morgan fingerprint density at radius 3 is 2.75 bits per heavy atom. The van der Waals surface area contributed by atoms with Gasteiger partial charge in [-0.1, -0.05) is 19.3 Å². The smallest absolute Gasteiger partial charge is 0.00508 e. The molecule has 0 aromatic heterocycles. The van der Waals surface area contributed by atoms with E-state index in [1.807, 2.05) is 0 Å². The zero-order valence-electron chi connectivity index (χ0n) is 8.18. The minimum atomic E-state index is 0.357. The Kier molecular flexibility index (Phi) is 4.62. The summed E-state index contributed by atoms with van der Waals surface area (Å²) in [5, 5.41) is 3.48. The van der Waals surface area contributed by atoms with Crippen LogP contribution in [0, 0.1) is 5.92 Å². The standard InChI is InChI=1S/C10H22N2/c1-9(11)10-6-4-2-3-5-7-12-8-10/h9-10,12H,2-8,11H2,1H3. The molecule has 1 fully saturated rings. The highest BCUT2D eigenvalue weighted by molar-refractivity contribution is 4.72. The van der Waals surface area contributed by atoms with Crippen molar-refractivity contribution in [3.63, 3.8) is 0 Å². The quantitative estimate of drug-likeness (QED) is 0.626. The zero-order valence-corrected chi connectivity index (χ0v) is 8.18. The van der Waals surface area contributed by atoms with Crippen molar-refractivity contribution in [2.45, 2.75) is 45.1 Å². The van der Waals surface area contributed by atoms with Crippen LogP contribution in [-0.2, 0) is 0 Å². The van der Waals surface area contributed by atoms with E-state index in [0.29, 0.717) is 12.0 Å². The average molecular weight is 170 g/mol. The molecule has 0 aliphatic carbocycles. The van der Waals surface area contributed by atoms with Crippen LogP contribution < -0.4 is 11.1 Å². The van der Waals surface area contributed by atoms with E-state index in [1.165, 1.54) is 38.6 Å². The van der Waals surface area contributed by atoms with Crippen LogP contribution in [0.1, 0.15) is 39.0 Å². The van der Waals surface area contributed by atoms with Crippen molar-refractivity contribution in [2.75, 3.05) is 13.1 Å². The summed E-state index contributed by atoms with van der Waals surface area (Å²) in [4.78, 5) is 0. The fourth-order valence-electron chi connectivity index (χ4n) is 1.85. The molecule has 1 heterocycles. The molecular weight excluding hydrogens is 148 g/mol. The van der Waals surface area contributed by atoms with Crippen LogP contribution in [0.4, 0.5) is 0 Å². The first-order chi connectivity index (χ1) is 5.80. The molecule has 2 unspecified atom stereocenters. The first kappa shape index (κ1) is 10.0. The lowest BCUT2D eigenvalue weighted by atomic mass is 9.95. The highest BCUT2D eigenvalue weighted by Gasteiger charge is 2.13. The minimum absolute atomic E-state index is 0.357. The van der Waals surface area contributed by atoms with Gasteiger partial charge in [0.1, 0.15) is 0 Å². The van der Waals surface area contributed by atoms with Crippen molar-refractivity contribution in [3.8, 4) is 0 Å². The molecule has 2 nitrogen and oxygen atoms in total. The van der Waals surface area contributed by atoms with E-state index >= 15 is 0 Å². The Hall–Kier alpha value is -0.0800. The van der Waals surface area contributed by atoms with Gasteiger partial charge in [0.05, 0.1) is 0 Å². The second-order valence-corrected chi connectivity index (χ2v) is 4.03. The van der Waals surface area contributed by atoms with Gasteiger partial charge in [0.15, 0.2) is 0 Å². The molecule has 1 saturated heterocycles. The Morgan fingerprint density at radius 1 is 1.25 bits per heavy atom. The van der Waals surface area contributed by atoms with Gasteiger partial charge in [-0.15, -0.1) is 0 Å². The van der Waals surface area contributed by atoms with Crippen LogP contribution in [0.5, 0.6) is 0 Å². The number of nitrogens with two attached hydrogens (primary N) is 1. The molecule has 0 aromatic rings. The van der Waals surface area contributed by atoms with Crippen molar-refractivity contribution in [2.24, 2.45) is 11.7 Å². The van der Waals surface area contributed by atoms with Crippen molar-refractivity contribution in [3.05, 3.63) is 0 Å². The van der Waals surface area contributed by atoms with Crippen LogP contribution in [0.2, 0.25) is 0 Å². The van der Waals surface area contributed by atoms with Gasteiger partial charge in [-0.2, -0.15) is 0 Å². The lowest BCUT2D eigenvalue weighted by molar-refractivity contribution is 0.386. The molecule has 2 atom stereocenters. The third-order valence-electron chi connectivity index (χ3n) is 2.83. The summed E-state index contributed by atoms with van der Waals surface area (Å²) >= 11 is 0. The van der Waals surface area contributed by atoms with Crippen LogP contribution in [-0.4, -0.2) is 19.1 Å². The van der Waals surface area contributed by atoms with Gasteiger partial charge in [0, 0.05) is 6.04 Å². The molecule has 0 spiro atoms. The molecule has 0 saturated carbocycles. The van der Waals surface area contributed by atoms with Crippen LogP contribution in [0.25, 0.3) is 0 Å². The van der Waals surface area contributed by atoms with Crippen molar-refractivity contribution in [1.29, 1.82) is 0 Å². The molecule has 0 amide bonds. The van der Waals surface area contributed by atoms with Gasteiger partial charge in [-0.25, -0.2) is 0 Å². The Labute approximate surface area is 75.9 Å². The molecule has 3 N–H and O–H groups in total. The van der Waals surface area contributed by atoms with Crippen LogP contribution in [0.3, 0.4) is 0 Å². The third-order valence-corrected chi connectivity index (χ3v) is 2.83. The molecule has 0 radical (unpaired) electrons. The summed E-state index contributed by atoms with van der Waals surface area (Å²) < 4.78 is 0. The van der Waals surface area contributed by atoms with Gasteiger partial charge in [0.25, 0.3) is 0 Å². The van der Waals surface area contributed by atoms with Crippen molar-refractivity contribution in [1.82, 2.24) is 5.32 Å². The molecule has 1 aliphatic heterocycles. The van der Waals surface area contributed by atoms with E-state index in [4.69, 9.17) is 5.73 Å². The summed E-state index contributed by atoms with van der Waals surface area (Å²) in [5.74, 6) is 0.697. The van der Waals surface area contributed by atoms with Gasteiger partial charge in [0.2, 0.25) is 0 Å². The van der Waals surface area contributed by atoms with Gasteiger partial charge in [-0.05, 0) is 38.8 Å². The maximum atomic E-state index is 5.90. The van der Waals surface area contributed by atoms with E-state index in [1.54, 1.807) is 0 Å². The van der Waals surface area contributed by atoms with Crippen LogP contribution >= 0.6 is 0 Å².